The van der Waals surface area contributed by atoms with Crippen molar-refractivity contribution in [2.45, 2.75) is 6.61 Å². The van der Waals surface area contributed by atoms with E-state index in [-0.39, 0.29) is 6.61 Å². The number of carbonyl (C=O) groups excluding carboxylic acids is 1. The van der Waals surface area contributed by atoms with Crippen molar-refractivity contribution in [3.63, 3.8) is 0 Å². The summed E-state index contributed by atoms with van der Waals surface area (Å²) in [4.78, 5) is 11.4. The molecule has 0 spiro atoms. The van der Waals surface area contributed by atoms with Gasteiger partial charge < -0.3 is 4.74 Å². The summed E-state index contributed by atoms with van der Waals surface area (Å²) in [6.45, 7) is 0.246. The molecular formula is C14H12NO2. The highest BCUT2D eigenvalue weighted by Crippen LogP contribution is 2.07. The number of rotatable bonds is 3. The standard InChI is InChI=1S/C14H12NO2/c16-14(15-13-9-5-2-6-10-13)17-11-12-7-3-1-4-8-12/h1-10H,11H2. The molecule has 0 aromatic heterocycles. The van der Waals surface area contributed by atoms with Crippen LogP contribution in [0.2, 0.25) is 0 Å². The highest BCUT2D eigenvalue weighted by molar-refractivity contribution is 5.73. The largest absolute Gasteiger partial charge is 0.443 e. The average molecular weight is 226 g/mol. The number of amides is 1. The predicted octanol–water partition coefficient (Wildman–Crippen LogP) is 3.26. The van der Waals surface area contributed by atoms with Crippen LogP contribution in [0.5, 0.6) is 0 Å². The summed E-state index contributed by atoms with van der Waals surface area (Å²) in [5.41, 5.74) is 1.55. The first-order valence-corrected chi connectivity index (χ1v) is 5.32. The van der Waals surface area contributed by atoms with E-state index >= 15 is 0 Å². The van der Waals surface area contributed by atoms with Crippen LogP contribution < -0.4 is 5.32 Å². The minimum absolute atomic E-state index is 0.246. The number of hydrogen-bond donors (Lipinski definition) is 0. The third kappa shape index (κ3) is 3.65. The molecule has 3 heteroatoms. The van der Waals surface area contributed by atoms with Crippen LogP contribution in [0.4, 0.5) is 10.5 Å². The van der Waals surface area contributed by atoms with Gasteiger partial charge in [-0.3, -0.25) is 0 Å². The average Bonchev–Trinajstić information content (AvgIpc) is 2.39. The van der Waals surface area contributed by atoms with Gasteiger partial charge in [0, 0.05) is 0 Å². The molecule has 0 bridgehead atoms. The molecule has 1 amide bonds. The Hall–Kier alpha value is -2.29. The number of nitrogens with zero attached hydrogens (tertiary/aromatic N) is 1. The fourth-order valence-corrected chi connectivity index (χ4v) is 1.36. The summed E-state index contributed by atoms with van der Waals surface area (Å²) in [6.07, 6.45) is -0.569. The molecule has 0 saturated heterocycles. The van der Waals surface area contributed by atoms with Gasteiger partial charge in [-0.1, -0.05) is 48.5 Å². The zero-order valence-electron chi connectivity index (χ0n) is 9.24. The van der Waals surface area contributed by atoms with E-state index in [1.54, 1.807) is 12.1 Å². The highest BCUT2D eigenvalue weighted by Gasteiger charge is 2.05. The molecule has 17 heavy (non-hydrogen) atoms. The Morgan fingerprint density at radius 2 is 1.53 bits per heavy atom. The normalized spacial score (nSPS) is 9.65. The second-order valence-electron chi connectivity index (χ2n) is 3.49. The molecule has 0 aliphatic rings. The summed E-state index contributed by atoms with van der Waals surface area (Å²) in [5, 5.41) is 3.81. The van der Waals surface area contributed by atoms with Crippen molar-refractivity contribution >= 4 is 11.8 Å². The Balaban J connectivity index is 1.83. The van der Waals surface area contributed by atoms with Gasteiger partial charge in [0.1, 0.15) is 6.61 Å². The molecule has 2 aromatic carbocycles. The summed E-state index contributed by atoms with van der Waals surface area (Å²) >= 11 is 0. The van der Waals surface area contributed by atoms with E-state index in [4.69, 9.17) is 4.74 Å². The van der Waals surface area contributed by atoms with Crippen LogP contribution in [0.25, 0.3) is 0 Å². The number of ether oxygens (including phenoxy) is 1. The van der Waals surface area contributed by atoms with Crippen LogP contribution in [-0.2, 0) is 11.3 Å². The van der Waals surface area contributed by atoms with Crippen LogP contribution in [0.3, 0.4) is 0 Å². The van der Waals surface area contributed by atoms with Gasteiger partial charge in [-0.25, -0.2) is 4.79 Å². The van der Waals surface area contributed by atoms with Gasteiger partial charge in [0.2, 0.25) is 0 Å². The first kappa shape index (κ1) is 11.2. The van der Waals surface area contributed by atoms with Gasteiger partial charge in [0.25, 0.3) is 0 Å². The number of carbonyl (C=O) groups is 1. The Bertz CT molecular complexity index is 468. The first-order chi connectivity index (χ1) is 8.34. The maximum absolute atomic E-state index is 11.4. The lowest BCUT2D eigenvalue weighted by Gasteiger charge is -2.04. The molecule has 0 N–H and O–H groups in total. The Labute approximate surface area is 100 Å². The van der Waals surface area contributed by atoms with E-state index in [1.807, 2.05) is 48.5 Å². The molecule has 3 nitrogen and oxygen atoms in total. The van der Waals surface area contributed by atoms with Gasteiger partial charge in [-0.2, -0.15) is 5.32 Å². The van der Waals surface area contributed by atoms with Gasteiger partial charge in [0.15, 0.2) is 0 Å². The van der Waals surface area contributed by atoms with Gasteiger partial charge in [0.05, 0.1) is 5.69 Å². The minimum Gasteiger partial charge on any atom is -0.443 e. The molecule has 0 saturated carbocycles. The SMILES string of the molecule is O=C([N]c1ccccc1)OCc1ccccc1. The van der Waals surface area contributed by atoms with E-state index in [1.165, 1.54) is 0 Å². The Morgan fingerprint density at radius 3 is 2.18 bits per heavy atom. The van der Waals surface area contributed by atoms with Crippen LogP contribution in [0.15, 0.2) is 60.7 Å². The molecule has 0 aliphatic carbocycles. The molecule has 0 atom stereocenters. The maximum Gasteiger partial charge on any atom is 0.434 e. The number of para-hydroxylation sites is 1. The third-order valence-corrected chi connectivity index (χ3v) is 2.18. The monoisotopic (exact) mass is 226 g/mol. The van der Waals surface area contributed by atoms with Crippen molar-refractivity contribution in [3.8, 4) is 0 Å². The zero-order chi connectivity index (χ0) is 11.9. The van der Waals surface area contributed by atoms with Gasteiger partial charge >= 0.3 is 6.09 Å². The van der Waals surface area contributed by atoms with Gasteiger partial charge in [-0.05, 0) is 17.7 Å². The van der Waals surface area contributed by atoms with Crippen molar-refractivity contribution in [2.75, 3.05) is 0 Å². The fourth-order valence-electron chi connectivity index (χ4n) is 1.36. The topological polar surface area (TPSA) is 40.4 Å². The van der Waals surface area contributed by atoms with E-state index in [2.05, 4.69) is 5.32 Å². The fraction of sp³-hybridized carbons (Fsp3) is 0.0714. The van der Waals surface area contributed by atoms with E-state index in [0.29, 0.717) is 5.69 Å². The van der Waals surface area contributed by atoms with Crippen molar-refractivity contribution < 1.29 is 9.53 Å². The van der Waals surface area contributed by atoms with Crippen LogP contribution in [-0.4, -0.2) is 6.09 Å². The molecule has 0 heterocycles. The molecular weight excluding hydrogens is 214 g/mol. The Kier molecular flexibility index (Phi) is 3.76. The zero-order valence-corrected chi connectivity index (χ0v) is 9.24. The molecule has 85 valence electrons. The second-order valence-corrected chi connectivity index (χ2v) is 3.49. The molecule has 0 unspecified atom stereocenters. The second kappa shape index (κ2) is 5.70. The van der Waals surface area contributed by atoms with Crippen LogP contribution in [0, 0.1) is 0 Å². The molecule has 0 aliphatic heterocycles. The molecule has 2 rings (SSSR count). The summed E-state index contributed by atoms with van der Waals surface area (Å²) in [5.74, 6) is 0. The molecule has 2 aromatic rings. The van der Waals surface area contributed by atoms with Crippen molar-refractivity contribution in [1.29, 1.82) is 0 Å². The predicted molar refractivity (Wildman–Crippen MR) is 64.9 cm³/mol. The molecule has 1 radical (unpaired) electrons. The van der Waals surface area contributed by atoms with Crippen molar-refractivity contribution in [1.82, 2.24) is 5.32 Å². The van der Waals surface area contributed by atoms with Crippen LogP contribution >= 0.6 is 0 Å². The Morgan fingerprint density at radius 1 is 0.941 bits per heavy atom. The highest BCUT2D eigenvalue weighted by atomic mass is 16.5. The lowest BCUT2D eigenvalue weighted by molar-refractivity contribution is 0.143. The van der Waals surface area contributed by atoms with Crippen molar-refractivity contribution in [2.24, 2.45) is 0 Å². The maximum atomic E-state index is 11.4. The van der Waals surface area contributed by atoms with E-state index in [0.717, 1.165) is 5.56 Å². The summed E-state index contributed by atoms with van der Waals surface area (Å²) in [6, 6.07) is 18.5. The summed E-state index contributed by atoms with van der Waals surface area (Å²) in [7, 11) is 0. The van der Waals surface area contributed by atoms with Crippen molar-refractivity contribution in [3.05, 3.63) is 66.2 Å². The van der Waals surface area contributed by atoms with Crippen LogP contribution in [0.1, 0.15) is 5.56 Å². The van der Waals surface area contributed by atoms with Gasteiger partial charge in [-0.15, -0.1) is 0 Å². The smallest absolute Gasteiger partial charge is 0.434 e. The quantitative estimate of drug-likeness (QED) is 0.805. The minimum atomic E-state index is -0.569. The lowest BCUT2D eigenvalue weighted by atomic mass is 10.2. The molecule has 0 fully saturated rings. The van der Waals surface area contributed by atoms with E-state index in [9.17, 15) is 4.79 Å². The lowest BCUT2D eigenvalue weighted by Crippen LogP contribution is -2.12. The first-order valence-electron chi connectivity index (χ1n) is 5.32. The third-order valence-electron chi connectivity index (χ3n) is 2.18. The number of benzene rings is 2. The summed E-state index contributed by atoms with van der Waals surface area (Å²) < 4.78 is 5.03. The number of hydrogen-bond acceptors (Lipinski definition) is 2. The van der Waals surface area contributed by atoms with E-state index < -0.39 is 6.09 Å².